The van der Waals surface area contributed by atoms with Crippen LogP contribution < -0.4 is 0 Å². The first-order valence-electron chi connectivity index (χ1n) is 9.03. The van der Waals surface area contributed by atoms with Crippen molar-refractivity contribution in [1.82, 2.24) is 4.90 Å². The van der Waals surface area contributed by atoms with Crippen molar-refractivity contribution in [1.29, 1.82) is 0 Å². The molecule has 5 heteroatoms. The Morgan fingerprint density at radius 2 is 1.74 bits per heavy atom. The molecule has 5 nitrogen and oxygen atoms in total. The van der Waals surface area contributed by atoms with Gasteiger partial charge in [-0.3, -0.25) is 9.59 Å². The minimum atomic E-state index is -0.906. The molecule has 5 rings (SSSR count). The molecule has 0 aromatic carbocycles. The number of carbonyl (C=O) groups is 2. The predicted octanol–water partition coefficient (Wildman–Crippen LogP) is 2.01. The van der Waals surface area contributed by atoms with E-state index in [9.17, 15) is 14.7 Å². The van der Waals surface area contributed by atoms with Gasteiger partial charge in [-0.25, -0.2) is 0 Å². The Morgan fingerprint density at radius 1 is 1.13 bits per heavy atom. The maximum absolute atomic E-state index is 13.1. The molecule has 4 aliphatic carbocycles. The lowest BCUT2D eigenvalue weighted by Gasteiger charge is -2.54. The highest BCUT2D eigenvalue weighted by Crippen LogP contribution is 2.57. The number of carbonyl (C=O) groups excluding carboxylic acids is 1. The number of carboxylic acid groups (broad SMARTS) is 1. The fraction of sp³-hybridized carbons (Fsp3) is 0.889. The molecule has 0 aromatic rings. The van der Waals surface area contributed by atoms with E-state index in [0.29, 0.717) is 31.3 Å². The molecule has 0 spiro atoms. The van der Waals surface area contributed by atoms with E-state index >= 15 is 0 Å². The number of likely N-dealkylation sites (tertiary alicyclic amines) is 1. The Labute approximate surface area is 137 Å². The van der Waals surface area contributed by atoms with E-state index in [1.54, 1.807) is 0 Å². The molecule has 4 saturated carbocycles. The summed E-state index contributed by atoms with van der Waals surface area (Å²) in [5.74, 6) is 2.38. The number of hydrogen-bond acceptors (Lipinski definition) is 3. The fourth-order valence-electron chi connectivity index (χ4n) is 6.23. The van der Waals surface area contributed by atoms with E-state index < -0.39 is 11.4 Å². The highest BCUT2D eigenvalue weighted by Gasteiger charge is 2.54. The van der Waals surface area contributed by atoms with E-state index in [0.717, 1.165) is 11.8 Å². The normalized spacial score (nSPS) is 44.7. The second-order valence-corrected chi connectivity index (χ2v) is 8.48. The van der Waals surface area contributed by atoms with Crippen LogP contribution in [0.1, 0.15) is 38.5 Å². The molecule has 0 radical (unpaired) electrons. The third kappa shape index (κ3) is 2.39. The summed E-state index contributed by atoms with van der Waals surface area (Å²) < 4.78 is 5.14. The van der Waals surface area contributed by atoms with Gasteiger partial charge in [-0.2, -0.15) is 0 Å². The van der Waals surface area contributed by atoms with Crippen LogP contribution in [0.15, 0.2) is 0 Å². The van der Waals surface area contributed by atoms with Crippen LogP contribution in [0, 0.1) is 35.0 Å². The van der Waals surface area contributed by atoms with Gasteiger partial charge < -0.3 is 14.7 Å². The smallest absolute Gasteiger partial charge is 0.313 e. The molecule has 128 valence electrons. The lowest BCUT2D eigenvalue weighted by atomic mass is 9.51. The van der Waals surface area contributed by atoms with Crippen molar-refractivity contribution in [3.63, 3.8) is 0 Å². The zero-order valence-electron chi connectivity index (χ0n) is 13.9. The second-order valence-electron chi connectivity index (χ2n) is 8.48. The van der Waals surface area contributed by atoms with Crippen LogP contribution >= 0.6 is 0 Å². The van der Waals surface area contributed by atoms with Crippen molar-refractivity contribution in [3.05, 3.63) is 0 Å². The number of hydrogen-bond donors (Lipinski definition) is 1. The molecule has 4 bridgehead atoms. The number of ether oxygens (including phenoxy) is 1. The Kier molecular flexibility index (Phi) is 3.67. The molecule has 1 N–H and O–H groups in total. The number of methoxy groups -OCH3 is 1. The summed E-state index contributed by atoms with van der Waals surface area (Å²) >= 11 is 0. The van der Waals surface area contributed by atoms with Crippen LogP contribution in [-0.4, -0.2) is 48.7 Å². The summed E-state index contributed by atoms with van der Waals surface area (Å²) in [6.07, 6.45) is 6.78. The molecular formula is C18H27NO4. The van der Waals surface area contributed by atoms with Crippen molar-refractivity contribution in [2.24, 2.45) is 35.0 Å². The SMILES string of the molecule is COCC1(C(=O)O)CCN(C(=O)C2C3CC4CC(C3)CC2C4)C1. The first-order chi connectivity index (χ1) is 11.0. The van der Waals surface area contributed by atoms with Gasteiger partial charge in [0.2, 0.25) is 5.91 Å². The van der Waals surface area contributed by atoms with Gasteiger partial charge in [0.1, 0.15) is 5.41 Å². The van der Waals surface area contributed by atoms with Gasteiger partial charge in [0.15, 0.2) is 0 Å². The maximum atomic E-state index is 13.1. The lowest BCUT2D eigenvalue weighted by Crippen LogP contribution is -2.52. The molecular weight excluding hydrogens is 294 g/mol. The van der Waals surface area contributed by atoms with Crippen molar-refractivity contribution >= 4 is 11.9 Å². The zero-order valence-corrected chi connectivity index (χ0v) is 13.9. The van der Waals surface area contributed by atoms with E-state index in [1.807, 2.05) is 4.90 Å². The third-order valence-corrected chi connectivity index (χ3v) is 7.05. The summed E-state index contributed by atoms with van der Waals surface area (Å²) in [6, 6.07) is 0. The number of nitrogens with zero attached hydrogens (tertiary/aromatic N) is 1. The molecule has 5 fully saturated rings. The Balaban J connectivity index is 1.49. The van der Waals surface area contributed by atoms with E-state index in [4.69, 9.17) is 4.74 Å². The highest BCUT2D eigenvalue weighted by molar-refractivity contribution is 5.83. The highest BCUT2D eigenvalue weighted by atomic mass is 16.5. The second kappa shape index (κ2) is 5.47. The van der Waals surface area contributed by atoms with Crippen molar-refractivity contribution in [2.75, 3.05) is 26.8 Å². The molecule has 1 saturated heterocycles. The van der Waals surface area contributed by atoms with Crippen molar-refractivity contribution in [3.8, 4) is 0 Å². The minimum Gasteiger partial charge on any atom is -0.481 e. The van der Waals surface area contributed by atoms with Crippen LogP contribution in [0.3, 0.4) is 0 Å². The first-order valence-corrected chi connectivity index (χ1v) is 9.03. The van der Waals surface area contributed by atoms with E-state index in [1.165, 1.54) is 39.2 Å². The third-order valence-electron chi connectivity index (χ3n) is 7.05. The lowest BCUT2D eigenvalue weighted by molar-refractivity contribution is -0.153. The summed E-state index contributed by atoms with van der Waals surface area (Å²) in [4.78, 5) is 26.7. The van der Waals surface area contributed by atoms with E-state index in [-0.39, 0.29) is 18.4 Å². The molecule has 5 aliphatic rings. The number of rotatable bonds is 4. The van der Waals surface area contributed by atoms with Gasteiger partial charge in [0.25, 0.3) is 0 Å². The largest absolute Gasteiger partial charge is 0.481 e. The number of aliphatic carboxylic acids is 1. The van der Waals surface area contributed by atoms with Gasteiger partial charge >= 0.3 is 5.97 Å². The molecule has 1 heterocycles. The Hall–Kier alpha value is -1.10. The monoisotopic (exact) mass is 321 g/mol. The van der Waals surface area contributed by atoms with Crippen molar-refractivity contribution < 1.29 is 19.4 Å². The zero-order chi connectivity index (χ0) is 16.2. The maximum Gasteiger partial charge on any atom is 0.313 e. The average Bonchev–Trinajstić information content (AvgIpc) is 2.92. The summed E-state index contributed by atoms with van der Waals surface area (Å²) in [5, 5.41) is 9.59. The Morgan fingerprint density at radius 3 is 2.26 bits per heavy atom. The molecule has 1 aliphatic heterocycles. The van der Waals surface area contributed by atoms with Crippen LogP contribution in [-0.2, 0) is 14.3 Å². The average molecular weight is 321 g/mol. The summed E-state index contributed by atoms with van der Waals surface area (Å²) in [5.41, 5.74) is -0.906. The number of amides is 1. The van der Waals surface area contributed by atoms with Gasteiger partial charge in [0.05, 0.1) is 6.61 Å². The topological polar surface area (TPSA) is 66.8 Å². The quantitative estimate of drug-likeness (QED) is 0.860. The first kappa shape index (κ1) is 15.4. The number of carboxylic acids is 1. The molecule has 0 aromatic heterocycles. The molecule has 1 amide bonds. The van der Waals surface area contributed by atoms with Gasteiger partial charge in [0, 0.05) is 26.1 Å². The van der Waals surface area contributed by atoms with E-state index in [2.05, 4.69) is 0 Å². The molecule has 1 unspecified atom stereocenters. The standard InChI is InChI=1S/C18H27NO4/c1-23-10-18(17(21)22)2-3-19(9-18)16(20)15-13-5-11-4-12(7-13)8-14(15)6-11/h11-15H,2-10H2,1H3,(H,21,22). The van der Waals surface area contributed by atoms with Gasteiger partial charge in [-0.05, 0) is 62.2 Å². The van der Waals surface area contributed by atoms with Gasteiger partial charge in [-0.15, -0.1) is 0 Å². The summed E-state index contributed by atoms with van der Waals surface area (Å²) in [7, 11) is 1.53. The fourth-order valence-corrected chi connectivity index (χ4v) is 6.23. The van der Waals surface area contributed by atoms with Crippen LogP contribution in [0.4, 0.5) is 0 Å². The minimum absolute atomic E-state index is 0.162. The Bertz CT molecular complexity index is 491. The van der Waals surface area contributed by atoms with Crippen LogP contribution in [0.5, 0.6) is 0 Å². The van der Waals surface area contributed by atoms with Crippen LogP contribution in [0.2, 0.25) is 0 Å². The van der Waals surface area contributed by atoms with Crippen molar-refractivity contribution in [2.45, 2.75) is 38.5 Å². The molecule has 1 atom stereocenters. The van der Waals surface area contributed by atoms with Gasteiger partial charge in [-0.1, -0.05) is 0 Å². The predicted molar refractivity (Wildman–Crippen MR) is 83.7 cm³/mol. The summed E-state index contributed by atoms with van der Waals surface area (Å²) in [6.45, 7) is 1.07. The molecule has 23 heavy (non-hydrogen) atoms. The van der Waals surface area contributed by atoms with Crippen LogP contribution in [0.25, 0.3) is 0 Å².